The van der Waals surface area contributed by atoms with E-state index in [9.17, 15) is 4.79 Å². The highest BCUT2D eigenvalue weighted by Crippen LogP contribution is 2.29. The van der Waals surface area contributed by atoms with Crippen molar-refractivity contribution >= 4 is 39.4 Å². The number of hydrogen-bond donors (Lipinski definition) is 1. The van der Waals surface area contributed by atoms with E-state index < -0.39 is 0 Å². The molecule has 1 N–H and O–H groups in total. The van der Waals surface area contributed by atoms with Crippen LogP contribution in [-0.4, -0.2) is 38.5 Å². The molecule has 26 heavy (non-hydrogen) atoms. The fourth-order valence-electron chi connectivity index (χ4n) is 2.26. The number of hydrogen-bond acceptors (Lipinski definition) is 6. The number of amides is 1. The van der Waals surface area contributed by atoms with Gasteiger partial charge in [-0.15, -0.1) is 10.2 Å². The first kappa shape index (κ1) is 18.4. The van der Waals surface area contributed by atoms with Gasteiger partial charge < -0.3 is 14.6 Å². The molecule has 1 aromatic carbocycles. The highest BCUT2D eigenvalue weighted by Gasteiger charge is 2.16. The summed E-state index contributed by atoms with van der Waals surface area (Å²) in [6, 6.07) is 11.2. The van der Waals surface area contributed by atoms with Crippen molar-refractivity contribution in [2.75, 3.05) is 18.2 Å². The molecule has 0 saturated carbocycles. The zero-order chi connectivity index (χ0) is 18.5. The lowest BCUT2D eigenvalue weighted by atomic mass is 10.2. The van der Waals surface area contributed by atoms with Gasteiger partial charge in [0.15, 0.2) is 11.0 Å². The highest BCUT2D eigenvalue weighted by atomic mass is 79.9. The molecule has 0 aliphatic heterocycles. The molecule has 7 nitrogen and oxygen atoms in total. The maximum absolute atomic E-state index is 12.1. The van der Waals surface area contributed by atoms with Crippen LogP contribution in [0, 0.1) is 0 Å². The van der Waals surface area contributed by atoms with E-state index in [1.54, 1.807) is 19.4 Å². The van der Waals surface area contributed by atoms with Crippen LogP contribution in [0.5, 0.6) is 5.75 Å². The number of anilines is 1. The summed E-state index contributed by atoms with van der Waals surface area (Å²) in [6.45, 7) is 0. The number of halogens is 1. The standard InChI is InChI=1S/C17H16BrN5O2S/c1-23-16(12-5-3-4-6-13(12)25-2)21-22-17(23)26-10-15(24)20-14-8-7-11(18)9-19-14/h3-9H,10H2,1-2H3,(H,19,20,24). The molecule has 3 rings (SSSR count). The van der Waals surface area contributed by atoms with Crippen molar-refractivity contribution in [1.29, 1.82) is 0 Å². The molecule has 2 aromatic heterocycles. The van der Waals surface area contributed by atoms with Gasteiger partial charge in [0.1, 0.15) is 11.6 Å². The topological polar surface area (TPSA) is 81.9 Å². The number of nitrogens with zero attached hydrogens (tertiary/aromatic N) is 4. The van der Waals surface area contributed by atoms with Crippen molar-refractivity contribution in [2.24, 2.45) is 7.05 Å². The van der Waals surface area contributed by atoms with E-state index >= 15 is 0 Å². The van der Waals surface area contributed by atoms with Gasteiger partial charge in [-0.2, -0.15) is 0 Å². The number of benzene rings is 1. The molecule has 0 aliphatic carbocycles. The number of carbonyl (C=O) groups excluding carboxylic acids is 1. The molecule has 0 unspecified atom stereocenters. The van der Waals surface area contributed by atoms with Crippen LogP contribution in [0.4, 0.5) is 5.82 Å². The van der Waals surface area contributed by atoms with E-state index in [0.717, 1.165) is 15.8 Å². The van der Waals surface area contributed by atoms with Gasteiger partial charge in [-0.05, 0) is 40.2 Å². The van der Waals surface area contributed by atoms with E-state index in [-0.39, 0.29) is 11.7 Å². The van der Waals surface area contributed by atoms with E-state index in [1.165, 1.54) is 11.8 Å². The predicted octanol–water partition coefficient (Wildman–Crippen LogP) is 3.38. The largest absolute Gasteiger partial charge is 0.496 e. The van der Waals surface area contributed by atoms with Gasteiger partial charge in [0.25, 0.3) is 0 Å². The number of thioether (sulfide) groups is 1. The van der Waals surface area contributed by atoms with Crippen molar-refractivity contribution in [3.63, 3.8) is 0 Å². The number of methoxy groups -OCH3 is 1. The maximum Gasteiger partial charge on any atom is 0.236 e. The average molecular weight is 434 g/mol. The molecule has 0 fully saturated rings. The second-order valence-corrected chi connectivity index (χ2v) is 7.12. The second kappa shape index (κ2) is 8.33. The third-order valence-electron chi connectivity index (χ3n) is 3.51. The summed E-state index contributed by atoms with van der Waals surface area (Å²) in [6.07, 6.45) is 1.63. The minimum absolute atomic E-state index is 0.160. The predicted molar refractivity (Wildman–Crippen MR) is 104 cm³/mol. The first-order valence-corrected chi connectivity index (χ1v) is 9.43. The lowest BCUT2D eigenvalue weighted by molar-refractivity contribution is -0.113. The third kappa shape index (κ3) is 4.23. The quantitative estimate of drug-likeness (QED) is 0.599. The minimum Gasteiger partial charge on any atom is -0.496 e. The number of nitrogens with one attached hydrogen (secondary N) is 1. The second-order valence-electron chi connectivity index (χ2n) is 5.26. The average Bonchev–Trinajstić information content (AvgIpc) is 3.02. The van der Waals surface area contributed by atoms with Gasteiger partial charge in [-0.25, -0.2) is 4.98 Å². The van der Waals surface area contributed by atoms with Gasteiger partial charge in [0, 0.05) is 17.7 Å². The summed E-state index contributed by atoms with van der Waals surface area (Å²) >= 11 is 4.61. The number of para-hydroxylation sites is 1. The van der Waals surface area contributed by atoms with Gasteiger partial charge in [-0.1, -0.05) is 23.9 Å². The van der Waals surface area contributed by atoms with Gasteiger partial charge in [-0.3, -0.25) is 4.79 Å². The number of aromatic nitrogens is 4. The smallest absolute Gasteiger partial charge is 0.236 e. The first-order chi connectivity index (χ1) is 12.6. The normalized spacial score (nSPS) is 10.6. The zero-order valence-corrected chi connectivity index (χ0v) is 16.5. The minimum atomic E-state index is -0.160. The van der Waals surface area contributed by atoms with Crippen LogP contribution in [0.3, 0.4) is 0 Å². The Morgan fingerprint density at radius 2 is 2.08 bits per heavy atom. The van der Waals surface area contributed by atoms with E-state index in [4.69, 9.17) is 4.74 Å². The zero-order valence-electron chi connectivity index (χ0n) is 14.1. The number of rotatable bonds is 6. The Morgan fingerprint density at radius 1 is 1.27 bits per heavy atom. The van der Waals surface area contributed by atoms with Crippen molar-refractivity contribution < 1.29 is 9.53 Å². The summed E-state index contributed by atoms with van der Waals surface area (Å²) in [5, 5.41) is 11.8. The fraction of sp³-hybridized carbons (Fsp3) is 0.176. The summed E-state index contributed by atoms with van der Waals surface area (Å²) in [7, 11) is 3.48. The molecule has 0 spiro atoms. The molecule has 0 saturated heterocycles. The molecule has 1 amide bonds. The van der Waals surface area contributed by atoms with E-state index in [2.05, 4.69) is 36.4 Å². The van der Waals surface area contributed by atoms with Crippen LogP contribution in [0.25, 0.3) is 11.4 Å². The molecule has 2 heterocycles. The molecular formula is C17H16BrN5O2S. The Hall–Kier alpha value is -2.39. The van der Waals surface area contributed by atoms with Gasteiger partial charge in [0.05, 0.1) is 18.4 Å². The van der Waals surface area contributed by atoms with Crippen molar-refractivity contribution in [3.05, 3.63) is 47.1 Å². The third-order valence-corrected chi connectivity index (χ3v) is 5.00. The molecule has 0 atom stereocenters. The van der Waals surface area contributed by atoms with Crippen LogP contribution in [0.1, 0.15) is 0 Å². The molecule has 0 radical (unpaired) electrons. The lowest BCUT2D eigenvalue weighted by Gasteiger charge is -2.08. The Balaban J connectivity index is 1.67. The fourth-order valence-corrected chi connectivity index (χ4v) is 3.21. The highest BCUT2D eigenvalue weighted by molar-refractivity contribution is 9.10. The molecule has 0 bridgehead atoms. The van der Waals surface area contributed by atoms with E-state index in [1.807, 2.05) is 41.9 Å². The van der Waals surface area contributed by atoms with Gasteiger partial charge >= 0.3 is 0 Å². The number of ether oxygens (including phenoxy) is 1. The summed E-state index contributed by atoms with van der Waals surface area (Å²) < 4.78 is 8.07. The summed E-state index contributed by atoms with van der Waals surface area (Å²) in [4.78, 5) is 16.2. The Morgan fingerprint density at radius 3 is 2.81 bits per heavy atom. The molecule has 3 aromatic rings. The molecular weight excluding hydrogens is 418 g/mol. The van der Waals surface area contributed by atoms with Crippen molar-refractivity contribution in [3.8, 4) is 17.1 Å². The van der Waals surface area contributed by atoms with Crippen LogP contribution in [0.2, 0.25) is 0 Å². The number of carbonyl (C=O) groups is 1. The molecule has 0 aliphatic rings. The Labute approximate surface area is 163 Å². The van der Waals surface area contributed by atoms with Crippen LogP contribution < -0.4 is 10.1 Å². The SMILES string of the molecule is COc1ccccc1-c1nnc(SCC(=O)Nc2ccc(Br)cn2)n1C. The maximum atomic E-state index is 12.1. The molecule has 134 valence electrons. The first-order valence-electron chi connectivity index (χ1n) is 7.65. The van der Waals surface area contributed by atoms with Crippen molar-refractivity contribution in [1.82, 2.24) is 19.7 Å². The van der Waals surface area contributed by atoms with Gasteiger partial charge in [0.2, 0.25) is 5.91 Å². The lowest BCUT2D eigenvalue weighted by Crippen LogP contribution is -2.15. The van der Waals surface area contributed by atoms with E-state index in [0.29, 0.717) is 16.8 Å². The van der Waals surface area contributed by atoms with Crippen LogP contribution in [0.15, 0.2) is 52.2 Å². The number of pyridine rings is 1. The Bertz CT molecular complexity index is 914. The Kier molecular flexibility index (Phi) is 5.89. The molecule has 9 heteroatoms. The van der Waals surface area contributed by atoms with Crippen LogP contribution in [-0.2, 0) is 11.8 Å². The summed E-state index contributed by atoms with van der Waals surface area (Å²) in [5.74, 6) is 1.95. The summed E-state index contributed by atoms with van der Waals surface area (Å²) in [5.41, 5.74) is 0.848. The van der Waals surface area contributed by atoms with Crippen molar-refractivity contribution in [2.45, 2.75) is 5.16 Å². The van der Waals surface area contributed by atoms with Crippen LogP contribution >= 0.6 is 27.7 Å². The monoisotopic (exact) mass is 433 g/mol.